The molecule has 17 heteroatoms. The van der Waals surface area contributed by atoms with Crippen LogP contribution in [0.5, 0.6) is 0 Å². The number of hydrogen-bond acceptors (Lipinski definition) is 12. The van der Waals surface area contributed by atoms with Gasteiger partial charge in [-0.25, -0.2) is 0 Å². The van der Waals surface area contributed by atoms with Gasteiger partial charge in [0.25, 0.3) is 5.91 Å². The number of nitrogens with two attached hydrogens (primary N) is 2. The van der Waals surface area contributed by atoms with Gasteiger partial charge >= 0.3 is 5.96 Å². The fraction of sp³-hybridized carbons (Fsp3) is 0.692. The highest BCUT2D eigenvalue weighted by molar-refractivity contribution is 5.91. The lowest BCUT2D eigenvalue weighted by Crippen LogP contribution is -2.78. The molecule has 3 heterocycles. The Hall–Kier alpha value is -3.68. The number of aliphatic hydroxyl groups is 2. The number of ether oxygens (including phenoxy) is 6. The minimum absolute atomic E-state index is 0.0177. The van der Waals surface area contributed by atoms with E-state index < -0.39 is 77.9 Å². The molecule has 0 unspecified atom stereocenters. The van der Waals surface area contributed by atoms with E-state index >= 15 is 0 Å². The van der Waals surface area contributed by atoms with E-state index in [0.29, 0.717) is 32.2 Å². The average Bonchev–Trinajstić information content (AvgIpc) is 3.14. The van der Waals surface area contributed by atoms with E-state index in [1.165, 1.54) is 19.3 Å². The standard InChI is InChI=1S/C39H63N5O12/c1-23-21-39(52-7,56-25(3)24(23)2)32(47)34(48)44-35-31-30(53-22-54-35)33(51-6)38(4,5)28(55-31)20-26(45)16-13-11-9-8-10-12-14-18-29(46)43-27(36(49)50)17-15-19-42-37(40)41/h8-10,12,14,18,24-28,30-33,35,45,47H,1,11,13,15-17,19-22H2,2-7H3,(H,43,46)(H,44,48)(H,49,50)(H4,40,41,42)/b9-8+,12-10+,18-14+/t24-,25-,26-,27+,28-,30+,31+,32-,33-,35+,39-/m1/s1. The molecule has 0 radical (unpaired) electrons. The summed E-state index contributed by atoms with van der Waals surface area (Å²) in [5, 5.41) is 38.8. The van der Waals surface area contributed by atoms with Crippen molar-refractivity contribution in [1.82, 2.24) is 10.6 Å². The number of allylic oxidation sites excluding steroid dienone is 5. The fourth-order valence-electron chi connectivity index (χ4n) is 7.22. The zero-order valence-electron chi connectivity index (χ0n) is 33.4. The molecule has 17 nitrogen and oxygen atoms in total. The summed E-state index contributed by atoms with van der Waals surface area (Å²) in [6.45, 7) is 12.1. The van der Waals surface area contributed by atoms with Crippen LogP contribution in [0.4, 0.5) is 0 Å². The van der Waals surface area contributed by atoms with Crippen LogP contribution in [-0.2, 0) is 42.8 Å². The number of unbranched alkanes of at least 4 members (excludes halogenated alkanes) is 1. The van der Waals surface area contributed by atoms with E-state index in [4.69, 9.17) is 39.9 Å². The van der Waals surface area contributed by atoms with Gasteiger partial charge < -0.3 is 59.2 Å². The highest BCUT2D eigenvalue weighted by Crippen LogP contribution is 2.44. The molecule has 56 heavy (non-hydrogen) atoms. The molecule has 0 aromatic carbocycles. The first-order valence-electron chi connectivity index (χ1n) is 19.1. The SMILES string of the molecule is C=C1C[C@](OC)([C@H](O)C(=O)N[C@H]2OCO[C@H]3[C@@H]2O[C@H](C[C@H](O)CCC/C=C/C=C/C=C/C(=O)N[C@@H](CCC[NH+]=C(N)N)C(=O)[O-])C(C)(C)[C@@H]3OC)O[C@H](C)[C@@H]1C. The first-order valence-corrected chi connectivity index (χ1v) is 19.1. The molecule has 3 aliphatic rings. The van der Waals surface area contributed by atoms with Crippen LogP contribution in [0, 0.1) is 11.3 Å². The van der Waals surface area contributed by atoms with E-state index in [1.807, 2.05) is 39.8 Å². The predicted molar refractivity (Wildman–Crippen MR) is 202 cm³/mol. The van der Waals surface area contributed by atoms with Crippen LogP contribution in [-0.4, -0.2) is 122 Å². The number of hydrogen-bond donors (Lipinski definition) is 7. The third-order valence-electron chi connectivity index (χ3n) is 10.8. The zero-order chi connectivity index (χ0) is 41.6. The Morgan fingerprint density at radius 1 is 1.07 bits per heavy atom. The van der Waals surface area contributed by atoms with Gasteiger partial charge in [0.15, 0.2) is 12.3 Å². The van der Waals surface area contributed by atoms with Crippen LogP contribution in [0.15, 0.2) is 48.6 Å². The van der Waals surface area contributed by atoms with Gasteiger partial charge in [0.2, 0.25) is 11.7 Å². The molecule has 9 N–H and O–H groups in total. The number of carboxylic acids is 1. The third kappa shape index (κ3) is 12.7. The summed E-state index contributed by atoms with van der Waals surface area (Å²) < 4.78 is 35.9. The van der Waals surface area contributed by atoms with Gasteiger partial charge in [0, 0.05) is 44.5 Å². The topological polar surface area (TPSA) is 260 Å². The molecule has 3 aliphatic heterocycles. The third-order valence-corrected chi connectivity index (χ3v) is 10.8. The molecular formula is C39H63N5O12. The number of amides is 2. The largest absolute Gasteiger partial charge is 0.548 e. The summed E-state index contributed by atoms with van der Waals surface area (Å²) in [5.74, 6) is -4.30. The maximum atomic E-state index is 13.5. The smallest absolute Gasteiger partial charge is 0.338 e. The lowest BCUT2D eigenvalue weighted by molar-refractivity contribution is -0.459. The second-order valence-corrected chi connectivity index (χ2v) is 15.2. The summed E-state index contributed by atoms with van der Waals surface area (Å²) in [6, 6.07) is -1.15. The van der Waals surface area contributed by atoms with Crippen molar-refractivity contribution >= 4 is 23.7 Å². The number of rotatable bonds is 20. The summed E-state index contributed by atoms with van der Waals surface area (Å²) in [6.07, 6.45) is 6.47. The first kappa shape index (κ1) is 46.7. The van der Waals surface area contributed by atoms with Crippen molar-refractivity contribution in [3.63, 3.8) is 0 Å². The highest BCUT2D eigenvalue weighted by Gasteiger charge is 2.57. The van der Waals surface area contributed by atoms with Crippen molar-refractivity contribution in [3.8, 4) is 0 Å². The monoisotopic (exact) mass is 793 g/mol. The molecule has 0 spiro atoms. The zero-order valence-corrected chi connectivity index (χ0v) is 33.4. The van der Waals surface area contributed by atoms with E-state index in [1.54, 1.807) is 19.3 Å². The minimum Gasteiger partial charge on any atom is -0.548 e. The Kier molecular flexibility index (Phi) is 18.1. The van der Waals surface area contributed by atoms with Gasteiger partial charge in [-0.2, -0.15) is 0 Å². The number of fused-ring (bicyclic) bond motifs is 1. The Bertz CT molecular complexity index is 1450. The Labute approximate surface area is 329 Å². The molecule has 3 fully saturated rings. The van der Waals surface area contributed by atoms with Crippen LogP contribution in [0.25, 0.3) is 0 Å². The van der Waals surface area contributed by atoms with Crippen molar-refractivity contribution in [2.75, 3.05) is 27.6 Å². The van der Waals surface area contributed by atoms with Gasteiger partial charge in [-0.1, -0.05) is 63.3 Å². The molecular weight excluding hydrogens is 730 g/mol. The lowest BCUT2D eigenvalue weighted by Gasteiger charge is -2.54. The average molecular weight is 794 g/mol. The second-order valence-electron chi connectivity index (χ2n) is 15.2. The van der Waals surface area contributed by atoms with Crippen molar-refractivity contribution in [2.24, 2.45) is 22.8 Å². The Morgan fingerprint density at radius 3 is 2.43 bits per heavy atom. The quantitative estimate of drug-likeness (QED) is 0.0181. The van der Waals surface area contributed by atoms with E-state index in [-0.39, 0.29) is 44.0 Å². The number of carbonyl (C=O) groups is 3. The van der Waals surface area contributed by atoms with Gasteiger partial charge in [-0.05, 0) is 39.0 Å². The van der Waals surface area contributed by atoms with Crippen LogP contribution in [0.3, 0.4) is 0 Å². The van der Waals surface area contributed by atoms with E-state index in [2.05, 4.69) is 22.2 Å². The number of carbonyl (C=O) groups excluding carboxylic acids is 3. The number of aliphatic hydroxyl groups excluding tert-OH is 2. The Morgan fingerprint density at radius 2 is 1.79 bits per heavy atom. The number of aliphatic carboxylic acids is 1. The normalized spacial score (nSPS) is 30.8. The highest BCUT2D eigenvalue weighted by atomic mass is 16.7. The number of nitrogens with one attached hydrogen (secondary N) is 3. The van der Waals surface area contributed by atoms with E-state index in [9.17, 15) is 29.7 Å². The van der Waals surface area contributed by atoms with Crippen LogP contribution in [0.1, 0.15) is 72.6 Å². The minimum atomic E-state index is -1.70. The lowest BCUT2D eigenvalue weighted by atomic mass is 9.72. The van der Waals surface area contributed by atoms with Gasteiger partial charge in [0.05, 0.1) is 43.0 Å². The molecule has 3 saturated heterocycles. The molecule has 316 valence electrons. The summed E-state index contributed by atoms with van der Waals surface area (Å²) >= 11 is 0. The second kappa shape index (κ2) is 21.7. The van der Waals surface area contributed by atoms with Crippen molar-refractivity contribution in [2.45, 2.75) is 133 Å². The van der Waals surface area contributed by atoms with Gasteiger partial charge in [0.1, 0.15) is 19.0 Å². The molecule has 11 atom stereocenters. The van der Waals surface area contributed by atoms with Crippen molar-refractivity contribution in [1.29, 1.82) is 0 Å². The summed E-state index contributed by atoms with van der Waals surface area (Å²) in [7, 11) is 2.95. The van der Waals surface area contributed by atoms with Gasteiger partial charge in [-0.15, -0.1) is 0 Å². The summed E-state index contributed by atoms with van der Waals surface area (Å²) in [4.78, 5) is 39.6. The first-order chi connectivity index (χ1) is 26.5. The molecule has 2 amide bonds. The molecule has 0 aliphatic carbocycles. The van der Waals surface area contributed by atoms with Gasteiger partial charge in [-0.3, -0.25) is 26.0 Å². The maximum absolute atomic E-state index is 13.5. The maximum Gasteiger partial charge on any atom is 0.338 e. The molecule has 0 aromatic rings. The van der Waals surface area contributed by atoms with Crippen molar-refractivity contribution in [3.05, 3.63) is 48.6 Å². The van der Waals surface area contributed by atoms with Crippen LogP contribution < -0.4 is 32.2 Å². The number of carboxylic acid groups (broad SMARTS) is 1. The number of methoxy groups -OCH3 is 2. The molecule has 0 saturated carbocycles. The van der Waals surface area contributed by atoms with E-state index in [0.717, 1.165) is 5.57 Å². The van der Waals surface area contributed by atoms with Crippen LogP contribution >= 0.6 is 0 Å². The molecule has 0 bridgehead atoms. The number of guanidine groups is 1. The van der Waals surface area contributed by atoms with Crippen molar-refractivity contribution < 1.29 is 63.1 Å². The fourth-order valence-corrected chi connectivity index (χ4v) is 7.22. The molecule has 3 rings (SSSR count). The summed E-state index contributed by atoms with van der Waals surface area (Å²) in [5.41, 5.74) is 10.8. The predicted octanol–water partition coefficient (Wildman–Crippen LogP) is -1.73. The van der Waals surface area contributed by atoms with Crippen LogP contribution in [0.2, 0.25) is 0 Å². The molecule has 0 aromatic heterocycles. The Balaban J connectivity index is 1.51.